The van der Waals surface area contributed by atoms with E-state index in [0.717, 1.165) is 11.1 Å². The number of nitrogens with zero attached hydrogens (tertiary/aromatic N) is 1. The number of likely N-dealkylation sites (tertiary alicyclic amines) is 1. The number of rotatable bonds is 8. The van der Waals surface area contributed by atoms with Crippen LogP contribution in [0.1, 0.15) is 41.6 Å². The van der Waals surface area contributed by atoms with E-state index in [1.165, 1.54) is 11.0 Å². The molecule has 170 valence electrons. The Balaban J connectivity index is 2.17. The van der Waals surface area contributed by atoms with Crippen LogP contribution in [0.5, 0.6) is 11.5 Å². The van der Waals surface area contributed by atoms with E-state index in [0.29, 0.717) is 30.8 Å². The molecule has 2 N–H and O–H groups in total. The van der Waals surface area contributed by atoms with Gasteiger partial charge in [0.2, 0.25) is 0 Å². The Morgan fingerprint density at radius 3 is 2.50 bits per heavy atom. The molecule has 0 radical (unpaired) electrons. The molecule has 1 amide bonds. The zero-order chi connectivity index (χ0) is 23.4. The molecule has 0 spiro atoms. The Bertz CT molecular complexity index is 1060. The maximum absolute atomic E-state index is 13.1. The lowest BCUT2D eigenvalue weighted by Crippen LogP contribution is -2.31. The van der Waals surface area contributed by atoms with E-state index in [1.54, 1.807) is 38.3 Å². The van der Waals surface area contributed by atoms with Crippen molar-refractivity contribution in [1.29, 1.82) is 0 Å². The van der Waals surface area contributed by atoms with Gasteiger partial charge in [0.05, 0.1) is 18.2 Å². The van der Waals surface area contributed by atoms with Crippen LogP contribution >= 0.6 is 0 Å². The van der Waals surface area contributed by atoms with Crippen molar-refractivity contribution < 1.29 is 29.3 Å². The Kier molecular flexibility index (Phi) is 7.20. The molecule has 3 rings (SSSR count). The fourth-order valence-electron chi connectivity index (χ4n) is 3.85. The summed E-state index contributed by atoms with van der Waals surface area (Å²) < 4.78 is 10.6. The average Bonchev–Trinajstić information content (AvgIpc) is 3.02. The fraction of sp³-hybridized carbons (Fsp3) is 0.360. The summed E-state index contributed by atoms with van der Waals surface area (Å²) in [5.74, 6) is -1.44. The van der Waals surface area contributed by atoms with Gasteiger partial charge in [0.15, 0.2) is 11.5 Å². The summed E-state index contributed by atoms with van der Waals surface area (Å²) in [6.07, 6.45) is 0.528. The molecule has 1 aliphatic heterocycles. The largest absolute Gasteiger partial charge is 0.507 e. The summed E-state index contributed by atoms with van der Waals surface area (Å²) in [5, 5.41) is 21.3. The normalized spacial score (nSPS) is 17.8. The minimum absolute atomic E-state index is 0.0174. The third kappa shape index (κ3) is 4.48. The van der Waals surface area contributed by atoms with Crippen molar-refractivity contribution >= 4 is 17.4 Å². The number of aliphatic hydroxyl groups is 1. The summed E-state index contributed by atoms with van der Waals surface area (Å²) in [5.41, 5.74) is 3.06. The second kappa shape index (κ2) is 9.87. The first kappa shape index (κ1) is 23.3. The predicted molar refractivity (Wildman–Crippen MR) is 121 cm³/mol. The van der Waals surface area contributed by atoms with Crippen molar-refractivity contribution in [2.45, 2.75) is 33.2 Å². The van der Waals surface area contributed by atoms with E-state index in [4.69, 9.17) is 9.47 Å². The Morgan fingerprint density at radius 1 is 1.09 bits per heavy atom. The van der Waals surface area contributed by atoms with E-state index in [1.807, 2.05) is 19.9 Å². The lowest BCUT2D eigenvalue weighted by atomic mass is 9.94. The van der Waals surface area contributed by atoms with Gasteiger partial charge in [-0.05, 0) is 62.1 Å². The summed E-state index contributed by atoms with van der Waals surface area (Å²) in [4.78, 5) is 27.4. The number of methoxy groups -OCH3 is 1. The standard InChI is InChI=1S/C25H29NO6/c1-5-32-20-14-17(9-10-19(20)27)22-21(23(28)18-8-7-15(2)16(3)13-18)24(29)25(30)26(22)11-6-12-31-4/h7-10,13-14,22,27-28H,5-6,11-12H2,1-4H3/b23-21-. The van der Waals surface area contributed by atoms with Gasteiger partial charge in [-0.1, -0.05) is 18.2 Å². The van der Waals surface area contributed by atoms with Crippen LogP contribution in [0, 0.1) is 13.8 Å². The molecule has 0 aromatic heterocycles. The molecule has 0 aliphatic carbocycles. The highest BCUT2D eigenvalue weighted by atomic mass is 16.5. The number of amides is 1. The third-order valence-corrected chi connectivity index (χ3v) is 5.67. The number of ketones is 1. The van der Waals surface area contributed by atoms with Crippen LogP contribution in [-0.2, 0) is 14.3 Å². The van der Waals surface area contributed by atoms with Crippen LogP contribution in [0.3, 0.4) is 0 Å². The molecule has 1 fully saturated rings. The summed E-state index contributed by atoms with van der Waals surface area (Å²) in [6, 6.07) is 9.27. The van der Waals surface area contributed by atoms with E-state index < -0.39 is 17.7 Å². The van der Waals surface area contributed by atoms with Crippen molar-refractivity contribution in [3.05, 3.63) is 64.2 Å². The molecule has 7 heteroatoms. The average molecular weight is 440 g/mol. The Labute approximate surface area is 187 Å². The van der Waals surface area contributed by atoms with Crippen LogP contribution in [0.25, 0.3) is 5.76 Å². The molecule has 0 bridgehead atoms. The lowest BCUT2D eigenvalue weighted by molar-refractivity contribution is -0.140. The number of ether oxygens (including phenoxy) is 2. The number of aliphatic hydroxyl groups excluding tert-OH is 1. The van der Waals surface area contributed by atoms with Gasteiger partial charge in [-0.25, -0.2) is 0 Å². The van der Waals surface area contributed by atoms with Gasteiger partial charge >= 0.3 is 0 Å². The monoisotopic (exact) mass is 439 g/mol. The number of hydrogen-bond donors (Lipinski definition) is 2. The van der Waals surface area contributed by atoms with E-state index in [-0.39, 0.29) is 29.4 Å². The smallest absolute Gasteiger partial charge is 0.295 e. The minimum atomic E-state index is -0.812. The zero-order valence-corrected chi connectivity index (χ0v) is 18.8. The first-order valence-corrected chi connectivity index (χ1v) is 10.6. The maximum atomic E-state index is 13.1. The first-order valence-electron chi connectivity index (χ1n) is 10.6. The van der Waals surface area contributed by atoms with Gasteiger partial charge in [0.1, 0.15) is 5.76 Å². The van der Waals surface area contributed by atoms with Gasteiger partial charge in [-0.3, -0.25) is 9.59 Å². The predicted octanol–water partition coefficient (Wildman–Crippen LogP) is 3.87. The van der Waals surface area contributed by atoms with Crippen LogP contribution in [0.2, 0.25) is 0 Å². The summed E-state index contributed by atoms with van der Waals surface area (Å²) in [7, 11) is 1.57. The molecular formula is C25H29NO6. The summed E-state index contributed by atoms with van der Waals surface area (Å²) in [6.45, 7) is 6.71. The van der Waals surface area contributed by atoms with Crippen LogP contribution < -0.4 is 4.74 Å². The highest BCUT2D eigenvalue weighted by Crippen LogP contribution is 2.42. The Hall–Kier alpha value is -3.32. The van der Waals surface area contributed by atoms with Gasteiger partial charge in [0, 0.05) is 25.8 Å². The highest BCUT2D eigenvalue weighted by Gasteiger charge is 2.46. The SMILES string of the molecule is CCOc1cc(C2/C(=C(/O)c3ccc(C)c(C)c3)C(=O)C(=O)N2CCCOC)ccc1O. The topological polar surface area (TPSA) is 96.3 Å². The number of aromatic hydroxyl groups is 1. The van der Waals surface area contributed by atoms with Gasteiger partial charge < -0.3 is 24.6 Å². The van der Waals surface area contributed by atoms with E-state index >= 15 is 0 Å². The maximum Gasteiger partial charge on any atom is 0.295 e. The number of hydrogen-bond acceptors (Lipinski definition) is 6. The quantitative estimate of drug-likeness (QED) is 0.281. The molecule has 2 aromatic rings. The molecular weight excluding hydrogens is 410 g/mol. The highest BCUT2D eigenvalue weighted by molar-refractivity contribution is 6.46. The van der Waals surface area contributed by atoms with E-state index in [2.05, 4.69) is 0 Å². The minimum Gasteiger partial charge on any atom is -0.507 e. The second-order valence-electron chi connectivity index (χ2n) is 7.80. The molecule has 32 heavy (non-hydrogen) atoms. The first-order chi connectivity index (χ1) is 15.3. The number of benzene rings is 2. The van der Waals surface area contributed by atoms with Crippen molar-refractivity contribution in [2.24, 2.45) is 0 Å². The van der Waals surface area contributed by atoms with Crippen molar-refractivity contribution in [3.8, 4) is 11.5 Å². The molecule has 1 unspecified atom stereocenters. The number of carbonyl (C=O) groups excluding carboxylic acids is 2. The van der Waals surface area contributed by atoms with Crippen LogP contribution in [-0.4, -0.2) is 53.7 Å². The number of phenols is 1. The number of phenolic OH excluding ortho intramolecular Hbond substituents is 1. The fourth-order valence-corrected chi connectivity index (χ4v) is 3.85. The molecule has 1 aliphatic rings. The van der Waals surface area contributed by atoms with Crippen molar-refractivity contribution in [2.75, 3.05) is 26.9 Å². The van der Waals surface area contributed by atoms with Gasteiger partial charge in [-0.2, -0.15) is 0 Å². The molecule has 1 atom stereocenters. The van der Waals surface area contributed by atoms with Crippen molar-refractivity contribution in [3.63, 3.8) is 0 Å². The third-order valence-electron chi connectivity index (χ3n) is 5.67. The lowest BCUT2D eigenvalue weighted by Gasteiger charge is -2.26. The molecule has 1 heterocycles. The van der Waals surface area contributed by atoms with Crippen LogP contribution in [0.4, 0.5) is 0 Å². The van der Waals surface area contributed by atoms with E-state index in [9.17, 15) is 19.8 Å². The molecule has 1 saturated heterocycles. The zero-order valence-electron chi connectivity index (χ0n) is 18.8. The van der Waals surface area contributed by atoms with Crippen LogP contribution in [0.15, 0.2) is 42.0 Å². The molecule has 7 nitrogen and oxygen atoms in total. The second-order valence-corrected chi connectivity index (χ2v) is 7.80. The van der Waals surface area contributed by atoms with Crippen molar-refractivity contribution in [1.82, 2.24) is 4.90 Å². The number of aryl methyl sites for hydroxylation is 2. The molecule has 0 saturated carbocycles. The number of carbonyl (C=O) groups is 2. The number of Topliss-reactive ketones (excluding diaryl/α,β-unsaturated/α-hetero) is 1. The van der Waals surface area contributed by atoms with Gasteiger partial charge in [-0.15, -0.1) is 0 Å². The Morgan fingerprint density at radius 2 is 1.84 bits per heavy atom. The summed E-state index contributed by atoms with van der Waals surface area (Å²) >= 11 is 0. The molecule has 2 aromatic carbocycles. The van der Waals surface area contributed by atoms with Gasteiger partial charge in [0.25, 0.3) is 11.7 Å².